The van der Waals surface area contributed by atoms with Crippen LogP contribution in [0.5, 0.6) is 5.75 Å². The Bertz CT molecular complexity index is 402. The SMILES string of the molecule is COc1cc(NC(=O)C(C)C(C)C)ccc1N. The van der Waals surface area contributed by atoms with Crippen LogP contribution in [-0.2, 0) is 4.79 Å². The van der Waals surface area contributed by atoms with E-state index < -0.39 is 0 Å². The van der Waals surface area contributed by atoms with Crippen LogP contribution in [0.3, 0.4) is 0 Å². The largest absolute Gasteiger partial charge is 0.495 e. The normalized spacial score (nSPS) is 12.3. The molecular weight excluding hydrogens is 216 g/mol. The molecule has 94 valence electrons. The first kappa shape index (κ1) is 13.4. The maximum Gasteiger partial charge on any atom is 0.227 e. The molecule has 3 N–H and O–H groups in total. The van der Waals surface area contributed by atoms with E-state index in [-0.39, 0.29) is 11.8 Å². The molecule has 0 saturated carbocycles. The summed E-state index contributed by atoms with van der Waals surface area (Å²) < 4.78 is 5.10. The topological polar surface area (TPSA) is 64.3 Å². The molecule has 1 aromatic carbocycles. The van der Waals surface area contributed by atoms with Crippen molar-refractivity contribution in [3.05, 3.63) is 18.2 Å². The van der Waals surface area contributed by atoms with Gasteiger partial charge >= 0.3 is 0 Å². The number of benzene rings is 1. The molecule has 0 aliphatic heterocycles. The highest BCUT2D eigenvalue weighted by molar-refractivity contribution is 5.93. The van der Waals surface area contributed by atoms with Crippen LogP contribution < -0.4 is 15.8 Å². The van der Waals surface area contributed by atoms with Gasteiger partial charge < -0.3 is 15.8 Å². The van der Waals surface area contributed by atoms with E-state index in [1.807, 2.05) is 20.8 Å². The van der Waals surface area contributed by atoms with E-state index in [0.29, 0.717) is 23.0 Å². The Hall–Kier alpha value is -1.71. The van der Waals surface area contributed by atoms with E-state index in [0.717, 1.165) is 0 Å². The van der Waals surface area contributed by atoms with Crippen molar-refractivity contribution in [3.8, 4) is 5.75 Å². The van der Waals surface area contributed by atoms with E-state index in [2.05, 4.69) is 5.32 Å². The third-order valence-electron chi connectivity index (χ3n) is 2.91. The van der Waals surface area contributed by atoms with Crippen molar-refractivity contribution in [2.45, 2.75) is 20.8 Å². The molecule has 4 heteroatoms. The zero-order valence-electron chi connectivity index (χ0n) is 10.8. The summed E-state index contributed by atoms with van der Waals surface area (Å²) in [5.41, 5.74) is 6.96. The molecule has 0 bridgehead atoms. The standard InChI is InChI=1S/C13H20N2O2/c1-8(2)9(3)13(16)15-10-5-6-11(14)12(7-10)17-4/h5-9H,14H2,1-4H3,(H,15,16). The van der Waals surface area contributed by atoms with Gasteiger partial charge in [-0.3, -0.25) is 4.79 Å². The fourth-order valence-corrected chi connectivity index (χ4v) is 1.35. The summed E-state index contributed by atoms with van der Waals surface area (Å²) in [6, 6.07) is 5.21. The van der Waals surface area contributed by atoms with Gasteiger partial charge in [-0.2, -0.15) is 0 Å². The lowest BCUT2D eigenvalue weighted by Gasteiger charge is -2.16. The van der Waals surface area contributed by atoms with E-state index >= 15 is 0 Å². The summed E-state index contributed by atoms with van der Waals surface area (Å²) in [4.78, 5) is 11.9. The second-order valence-electron chi connectivity index (χ2n) is 4.48. The highest BCUT2D eigenvalue weighted by atomic mass is 16.5. The van der Waals surface area contributed by atoms with Crippen molar-refractivity contribution < 1.29 is 9.53 Å². The fraction of sp³-hybridized carbons (Fsp3) is 0.462. The molecule has 4 nitrogen and oxygen atoms in total. The fourth-order valence-electron chi connectivity index (χ4n) is 1.35. The highest BCUT2D eigenvalue weighted by Gasteiger charge is 2.16. The van der Waals surface area contributed by atoms with Crippen LogP contribution in [0.2, 0.25) is 0 Å². The van der Waals surface area contributed by atoms with Crippen molar-refractivity contribution in [1.82, 2.24) is 0 Å². The summed E-state index contributed by atoms with van der Waals surface area (Å²) >= 11 is 0. The minimum atomic E-state index is -0.0291. The number of methoxy groups -OCH3 is 1. The minimum Gasteiger partial charge on any atom is -0.495 e. The van der Waals surface area contributed by atoms with Gasteiger partial charge in [0.1, 0.15) is 5.75 Å². The number of amides is 1. The Morgan fingerprint density at radius 1 is 1.35 bits per heavy atom. The second-order valence-corrected chi connectivity index (χ2v) is 4.48. The second kappa shape index (κ2) is 5.57. The summed E-state index contributed by atoms with van der Waals surface area (Å²) in [7, 11) is 1.55. The molecule has 1 rings (SSSR count). The Labute approximate surface area is 102 Å². The van der Waals surface area contributed by atoms with Crippen LogP contribution in [0, 0.1) is 11.8 Å². The molecular formula is C13H20N2O2. The number of carbonyl (C=O) groups is 1. The average molecular weight is 236 g/mol. The molecule has 1 aromatic rings. The van der Waals surface area contributed by atoms with Crippen molar-refractivity contribution in [1.29, 1.82) is 0 Å². The molecule has 0 aliphatic rings. The number of nitrogens with two attached hydrogens (primary N) is 1. The number of nitrogen functional groups attached to an aromatic ring is 1. The summed E-state index contributed by atoms with van der Waals surface area (Å²) in [6.45, 7) is 5.95. The van der Waals surface area contributed by atoms with Crippen LogP contribution in [0.1, 0.15) is 20.8 Å². The molecule has 0 aromatic heterocycles. The zero-order valence-corrected chi connectivity index (χ0v) is 10.8. The molecule has 0 radical (unpaired) electrons. The first-order valence-electron chi connectivity index (χ1n) is 5.70. The predicted octanol–water partition coefficient (Wildman–Crippen LogP) is 2.51. The summed E-state index contributed by atoms with van der Waals surface area (Å²) in [6.07, 6.45) is 0. The van der Waals surface area contributed by atoms with Gasteiger partial charge in [0.05, 0.1) is 12.8 Å². The van der Waals surface area contributed by atoms with Crippen LogP contribution in [0.4, 0.5) is 11.4 Å². The lowest BCUT2D eigenvalue weighted by Crippen LogP contribution is -2.24. The number of anilines is 2. The Kier molecular flexibility index (Phi) is 4.37. The first-order chi connectivity index (χ1) is 7.95. The molecule has 1 amide bonds. The lowest BCUT2D eigenvalue weighted by molar-refractivity contribution is -0.120. The average Bonchev–Trinajstić information content (AvgIpc) is 2.30. The molecule has 1 atom stereocenters. The van der Waals surface area contributed by atoms with E-state index in [1.165, 1.54) is 0 Å². The quantitative estimate of drug-likeness (QED) is 0.789. The number of hydrogen-bond donors (Lipinski definition) is 2. The van der Waals surface area contributed by atoms with Gasteiger partial charge in [0.25, 0.3) is 0 Å². The van der Waals surface area contributed by atoms with Gasteiger partial charge in [-0.25, -0.2) is 0 Å². The van der Waals surface area contributed by atoms with Gasteiger partial charge in [-0.05, 0) is 18.1 Å². The van der Waals surface area contributed by atoms with Gasteiger partial charge in [0.15, 0.2) is 0 Å². The predicted molar refractivity (Wildman–Crippen MR) is 70.0 cm³/mol. The number of nitrogens with one attached hydrogen (secondary N) is 1. The zero-order chi connectivity index (χ0) is 13.0. The molecule has 0 spiro atoms. The monoisotopic (exact) mass is 236 g/mol. The van der Waals surface area contributed by atoms with Crippen LogP contribution in [0.15, 0.2) is 18.2 Å². The van der Waals surface area contributed by atoms with Crippen LogP contribution >= 0.6 is 0 Å². The third kappa shape index (κ3) is 3.37. The smallest absolute Gasteiger partial charge is 0.227 e. The van der Waals surface area contributed by atoms with Crippen molar-refractivity contribution in [3.63, 3.8) is 0 Å². The number of rotatable bonds is 4. The Morgan fingerprint density at radius 3 is 2.53 bits per heavy atom. The van der Waals surface area contributed by atoms with Gasteiger partial charge in [0.2, 0.25) is 5.91 Å². The van der Waals surface area contributed by atoms with Crippen molar-refractivity contribution in [2.75, 3.05) is 18.2 Å². The van der Waals surface area contributed by atoms with E-state index in [4.69, 9.17) is 10.5 Å². The van der Waals surface area contributed by atoms with E-state index in [9.17, 15) is 4.79 Å². The number of hydrogen-bond acceptors (Lipinski definition) is 3. The maximum absolute atomic E-state index is 11.9. The Balaban J connectivity index is 2.78. The van der Waals surface area contributed by atoms with Crippen LogP contribution in [0.25, 0.3) is 0 Å². The summed E-state index contributed by atoms with van der Waals surface area (Å²) in [5.74, 6) is 0.857. The first-order valence-corrected chi connectivity index (χ1v) is 5.70. The highest BCUT2D eigenvalue weighted by Crippen LogP contribution is 2.25. The maximum atomic E-state index is 11.9. The third-order valence-corrected chi connectivity index (χ3v) is 2.91. The lowest BCUT2D eigenvalue weighted by atomic mass is 9.97. The molecule has 17 heavy (non-hydrogen) atoms. The minimum absolute atomic E-state index is 0.00632. The molecule has 0 aliphatic carbocycles. The molecule has 0 fully saturated rings. The van der Waals surface area contributed by atoms with Gasteiger partial charge in [-0.15, -0.1) is 0 Å². The van der Waals surface area contributed by atoms with Gasteiger partial charge in [0, 0.05) is 17.7 Å². The summed E-state index contributed by atoms with van der Waals surface area (Å²) in [5, 5.41) is 2.85. The van der Waals surface area contributed by atoms with Crippen molar-refractivity contribution in [2.24, 2.45) is 11.8 Å². The molecule has 0 heterocycles. The van der Waals surface area contributed by atoms with Crippen molar-refractivity contribution >= 4 is 17.3 Å². The van der Waals surface area contributed by atoms with Crippen LogP contribution in [-0.4, -0.2) is 13.0 Å². The Morgan fingerprint density at radius 2 is 2.00 bits per heavy atom. The van der Waals surface area contributed by atoms with Gasteiger partial charge in [-0.1, -0.05) is 20.8 Å². The molecule has 1 unspecified atom stereocenters. The van der Waals surface area contributed by atoms with E-state index in [1.54, 1.807) is 25.3 Å². The molecule has 0 saturated heterocycles. The number of ether oxygens (including phenoxy) is 1. The number of carbonyl (C=O) groups excluding carboxylic acids is 1.